The van der Waals surface area contributed by atoms with Crippen molar-refractivity contribution in [3.63, 3.8) is 0 Å². The Kier molecular flexibility index (Phi) is 5.36. The molecule has 0 radical (unpaired) electrons. The number of allylic oxidation sites excluding steroid dienone is 1. The molecule has 0 atom stereocenters. The summed E-state index contributed by atoms with van der Waals surface area (Å²) in [6, 6.07) is 0. The van der Waals surface area contributed by atoms with Crippen LogP contribution in [0.2, 0.25) is 0 Å². The molecule has 0 unspecified atom stereocenters. The Labute approximate surface area is 109 Å². The number of carbonyl (C=O) groups excluding carboxylic acids is 1. The van der Waals surface area contributed by atoms with Crippen molar-refractivity contribution in [1.29, 1.82) is 0 Å². The lowest BCUT2D eigenvalue weighted by molar-refractivity contribution is -0.127. The first-order valence-corrected chi connectivity index (χ1v) is 6.11. The van der Waals surface area contributed by atoms with Gasteiger partial charge in [-0.05, 0) is 25.5 Å². The van der Waals surface area contributed by atoms with Crippen LogP contribution in [0.4, 0.5) is 0 Å². The maximum Gasteiger partial charge on any atom is 0.246 e. The average Bonchev–Trinajstić information content (AvgIpc) is 2.38. The first-order valence-electron chi connectivity index (χ1n) is 6.11. The van der Waals surface area contributed by atoms with Gasteiger partial charge in [0.05, 0.1) is 0 Å². The Morgan fingerprint density at radius 1 is 1.22 bits per heavy atom. The van der Waals surface area contributed by atoms with Gasteiger partial charge in [0.15, 0.2) is 0 Å². The molecule has 1 saturated heterocycles. The van der Waals surface area contributed by atoms with Gasteiger partial charge in [0, 0.05) is 32.4 Å². The summed E-state index contributed by atoms with van der Waals surface area (Å²) in [5.74, 6) is 0.899. The fourth-order valence-electron chi connectivity index (χ4n) is 1.87. The largest absolute Gasteiger partial charge is 0.353 e. The van der Waals surface area contributed by atoms with Crippen LogP contribution in [0.5, 0.6) is 0 Å². The second-order valence-corrected chi connectivity index (χ2v) is 4.23. The first kappa shape index (κ1) is 14.2. The second kappa shape index (κ2) is 6.79. The van der Waals surface area contributed by atoms with Crippen LogP contribution in [0.25, 0.3) is 0 Å². The molecule has 0 aromatic heterocycles. The normalized spacial score (nSPS) is 17.1. The molecule has 1 heterocycles. The van der Waals surface area contributed by atoms with E-state index in [2.05, 4.69) is 23.1 Å². The number of rotatable bonds is 3. The molecule has 1 aliphatic rings. The highest BCUT2D eigenvalue weighted by Crippen LogP contribution is 2.08. The molecule has 1 aliphatic heterocycles. The highest BCUT2D eigenvalue weighted by atomic mass is 16.2. The van der Waals surface area contributed by atoms with Crippen LogP contribution < -0.4 is 0 Å². The highest BCUT2D eigenvalue weighted by Gasteiger charge is 2.21. The van der Waals surface area contributed by atoms with Gasteiger partial charge in [0.25, 0.3) is 0 Å². The van der Waals surface area contributed by atoms with Gasteiger partial charge >= 0.3 is 0 Å². The van der Waals surface area contributed by atoms with Gasteiger partial charge in [-0.1, -0.05) is 19.2 Å². The topological polar surface area (TPSA) is 35.9 Å². The smallest absolute Gasteiger partial charge is 0.246 e. The zero-order valence-electron chi connectivity index (χ0n) is 11.2. The Morgan fingerprint density at radius 2 is 1.78 bits per heavy atom. The number of hydrogen-bond acceptors (Lipinski definition) is 2. The van der Waals surface area contributed by atoms with Crippen molar-refractivity contribution in [3.8, 4) is 0 Å². The Balaban J connectivity index is 2.68. The minimum atomic E-state index is -0.00285. The van der Waals surface area contributed by atoms with E-state index in [1.54, 1.807) is 11.1 Å². The van der Waals surface area contributed by atoms with Gasteiger partial charge in [-0.15, -0.1) is 0 Å². The molecular weight excluding hydrogens is 226 g/mol. The number of carbonyl (C=O) groups is 1. The number of amidine groups is 1. The highest BCUT2D eigenvalue weighted by molar-refractivity contribution is 5.97. The molecule has 0 spiro atoms. The fourth-order valence-corrected chi connectivity index (χ4v) is 1.87. The predicted octanol–water partition coefficient (Wildman–Crippen LogP) is 1.82. The summed E-state index contributed by atoms with van der Waals surface area (Å²) < 4.78 is 0. The molecule has 98 valence electrons. The van der Waals surface area contributed by atoms with Crippen LogP contribution in [0, 0.1) is 0 Å². The summed E-state index contributed by atoms with van der Waals surface area (Å²) in [5.41, 5.74) is 0.941. The monoisotopic (exact) mass is 247 g/mol. The lowest BCUT2D eigenvalue weighted by Crippen LogP contribution is -2.50. The Morgan fingerprint density at radius 3 is 2.22 bits per heavy atom. The average molecular weight is 247 g/mol. The fraction of sp³-hybridized carbons (Fsp3) is 0.429. The van der Waals surface area contributed by atoms with Crippen molar-refractivity contribution >= 4 is 11.7 Å². The maximum atomic E-state index is 11.5. The van der Waals surface area contributed by atoms with Crippen LogP contribution >= 0.6 is 0 Å². The summed E-state index contributed by atoms with van der Waals surface area (Å²) in [7, 11) is 0. The molecule has 18 heavy (non-hydrogen) atoms. The third-order valence-electron chi connectivity index (χ3n) is 2.79. The minimum absolute atomic E-state index is 0.00285. The van der Waals surface area contributed by atoms with Crippen LogP contribution in [0.3, 0.4) is 0 Å². The van der Waals surface area contributed by atoms with E-state index in [0.717, 1.165) is 24.5 Å². The van der Waals surface area contributed by atoms with E-state index in [-0.39, 0.29) is 5.91 Å². The summed E-state index contributed by atoms with van der Waals surface area (Å²) >= 11 is 0. The van der Waals surface area contributed by atoms with Gasteiger partial charge in [-0.25, -0.2) is 4.99 Å². The number of hydrogen-bond donors (Lipinski definition) is 0. The van der Waals surface area contributed by atoms with Crippen molar-refractivity contribution in [1.82, 2.24) is 9.80 Å². The minimum Gasteiger partial charge on any atom is -0.353 e. The standard InChI is InChI=1S/C14H21N3O/c1-5-7-15-14(12(3)4)17-10-8-16(9-11-17)13(18)6-2/h5-7H,2-3,8-11H2,1,4H3/b7-5-,15-14?. The zero-order valence-corrected chi connectivity index (χ0v) is 11.2. The third kappa shape index (κ3) is 3.58. The zero-order chi connectivity index (χ0) is 13.5. The van der Waals surface area contributed by atoms with Gasteiger partial charge in [-0.2, -0.15) is 0 Å². The Hall–Kier alpha value is -1.84. The molecule has 0 N–H and O–H groups in total. The number of aliphatic imine (C=N–C) groups is 1. The molecule has 0 aromatic rings. The van der Waals surface area contributed by atoms with E-state index < -0.39 is 0 Å². The van der Waals surface area contributed by atoms with E-state index in [1.807, 2.05) is 19.9 Å². The van der Waals surface area contributed by atoms with Crippen molar-refractivity contribution in [2.75, 3.05) is 26.2 Å². The van der Waals surface area contributed by atoms with E-state index in [0.29, 0.717) is 13.1 Å². The van der Waals surface area contributed by atoms with E-state index in [4.69, 9.17) is 0 Å². The molecule has 4 heteroatoms. The quantitative estimate of drug-likeness (QED) is 0.433. The molecular formula is C14H21N3O. The summed E-state index contributed by atoms with van der Waals surface area (Å²) in [6.45, 7) is 14.3. The van der Waals surface area contributed by atoms with Crippen molar-refractivity contribution < 1.29 is 4.79 Å². The SMILES string of the molecule is C=CC(=O)N1CCN(C(=N/C=C\C)C(=C)C)CC1. The van der Waals surface area contributed by atoms with Crippen molar-refractivity contribution in [3.05, 3.63) is 37.1 Å². The molecule has 0 aliphatic carbocycles. The van der Waals surface area contributed by atoms with Gasteiger partial charge in [-0.3, -0.25) is 4.79 Å². The summed E-state index contributed by atoms with van der Waals surface area (Å²) in [6.07, 6.45) is 5.02. The predicted molar refractivity (Wildman–Crippen MR) is 75.4 cm³/mol. The summed E-state index contributed by atoms with van der Waals surface area (Å²) in [4.78, 5) is 19.8. The lowest BCUT2D eigenvalue weighted by atomic mass is 10.2. The van der Waals surface area contributed by atoms with Crippen LogP contribution in [0.1, 0.15) is 13.8 Å². The number of nitrogens with zero attached hydrogens (tertiary/aromatic N) is 3. The second-order valence-electron chi connectivity index (χ2n) is 4.23. The van der Waals surface area contributed by atoms with Crippen molar-refractivity contribution in [2.45, 2.75) is 13.8 Å². The van der Waals surface area contributed by atoms with E-state index in [9.17, 15) is 4.79 Å². The molecule has 1 fully saturated rings. The van der Waals surface area contributed by atoms with Crippen LogP contribution in [-0.4, -0.2) is 47.7 Å². The molecule has 0 aromatic carbocycles. The number of piperazine rings is 1. The first-order chi connectivity index (χ1) is 8.60. The molecule has 1 amide bonds. The van der Waals surface area contributed by atoms with Gasteiger partial charge in [0.1, 0.15) is 5.84 Å². The van der Waals surface area contributed by atoms with Crippen LogP contribution in [-0.2, 0) is 4.79 Å². The summed E-state index contributed by atoms with van der Waals surface area (Å²) in [5, 5.41) is 0. The molecule has 0 bridgehead atoms. The Bertz CT molecular complexity index is 388. The molecule has 4 nitrogen and oxygen atoms in total. The lowest BCUT2D eigenvalue weighted by Gasteiger charge is -2.36. The van der Waals surface area contributed by atoms with Crippen molar-refractivity contribution in [2.24, 2.45) is 4.99 Å². The molecule has 0 saturated carbocycles. The van der Waals surface area contributed by atoms with Gasteiger partial charge in [0.2, 0.25) is 5.91 Å². The number of amides is 1. The van der Waals surface area contributed by atoms with Gasteiger partial charge < -0.3 is 9.80 Å². The third-order valence-corrected chi connectivity index (χ3v) is 2.79. The molecule has 1 rings (SSSR count). The van der Waals surface area contributed by atoms with E-state index >= 15 is 0 Å². The van der Waals surface area contributed by atoms with E-state index in [1.165, 1.54) is 6.08 Å². The maximum absolute atomic E-state index is 11.5. The van der Waals surface area contributed by atoms with Crippen LogP contribution in [0.15, 0.2) is 42.1 Å².